The Hall–Kier alpha value is -1.54. The monoisotopic (exact) mass is 275 g/mol. The summed E-state index contributed by atoms with van der Waals surface area (Å²) in [4.78, 5) is 4.16. The summed E-state index contributed by atoms with van der Waals surface area (Å²) in [5, 5.41) is 0.604. The fourth-order valence-corrected chi connectivity index (χ4v) is 1.97. The van der Waals surface area contributed by atoms with E-state index >= 15 is 0 Å². The molecule has 0 fully saturated rings. The molecule has 2 nitrogen and oxygen atoms in total. The molecule has 0 aliphatic heterocycles. The van der Waals surface area contributed by atoms with Crippen molar-refractivity contribution in [2.75, 3.05) is 0 Å². The Morgan fingerprint density at radius 1 is 1.11 bits per heavy atom. The first-order valence-electron chi connectivity index (χ1n) is 6.27. The number of benzene rings is 1. The van der Waals surface area contributed by atoms with Gasteiger partial charge in [-0.2, -0.15) is 0 Å². The van der Waals surface area contributed by atoms with Gasteiger partial charge >= 0.3 is 0 Å². The zero-order valence-electron chi connectivity index (χ0n) is 11.7. The first kappa shape index (κ1) is 13.9. The summed E-state index contributed by atoms with van der Waals surface area (Å²) in [6, 6.07) is 9.74. The van der Waals surface area contributed by atoms with Gasteiger partial charge < -0.3 is 4.74 Å². The van der Waals surface area contributed by atoms with E-state index in [1.807, 2.05) is 12.1 Å². The van der Waals surface area contributed by atoms with E-state index in [4.69, 9.17) is 16.3 Å². The van der Waals surface area contributed by atoms with Crippen LogP contribution in [0, 0.1) is 6.92 Å². The zero-order chi connectivity index (χ0) is 14.0. The predicted octanol–water partition coefficient (Wildman–Crippen LogP) is 5.13. The van der Waals surface area contributed by atoms with Gasteiger partial charge in [0.25, 0.3) is 0 Å². The second-order valence-corrected chi connectivity index (χ2v) is 6.10. The Bertz CT molecular complexity index is 570. The van der Waals surface area contributed by atoms with Gasteiger partial charge in [-0.15, -0.1) is 0 Å². The third kappa shape index (κ3) is 3.48. The van der Waals surface area contributed by atoms with E-state index in [9.17, 15) is 0 Å². The number of halogens is 1. The molecule has 1 aromatic carbocycles. The molecular weight excluding hydrogens is 258 g/mol. The predicted molar refractivity (Wildman–Crippen MR) is 79.2 cm³/mol. The SMILES string of the molecule is Cc1ccc(Oc2ccc(Cl)cn2)c(C(C)(C)C)c1. The van der Waals surface area contributed by atoms with Gasteiger partial charge in [0.05, 0.1) is 5.02 Å². The summed E-state index contributed by atoms with van der Waals surface area (Å²) in [5.41, 5.74) is 2.42. The van der Waals surface area contributed by atoms with Crippen molar-refractivity contribution in [2.45, 2.75) is 33.1 Å². The molecule has 2 aromatic rings. The molecule has 2 rings (SSSR count). The highest BCUT2D eigenvalue weighted by molar-refractivity contribution is 6.30. The van der Waals surface area contributed by atoms with Crippen LogP contribution in [0.4, 0.5) is 0 Å². The quantitative estimate of drug-likeness (QED) is 0.758. The number of hydrogen-bond acceptors (Lipinski definition) is 2. The molecule has 0 bridgehead atoms. The van der Waals surface area contributed by atoms with Crippen molar-refractivity contribution in [1.82, 2.24) is 4.98 Å². The van der Waals surface area contributed by atoms with Crippen molar-refractivity contribution < 1.29 is 4.74 Å². The minimum Gasteiger partial charge on any atom is -0.439 e. The lowest BCUT2D eigenvalue weighted by molar-refractivity contribution is 0.439. The molecule has 0 atom stereocenters. The third-order valence-corrected chi connectivity index (χ3v) is 3.08. The van der Waals surface area contributed by atoms with Crippen molar-refractivity contribution in [3.63, 3.8) is 0 Å². The molecule has 19 heavy (non-hydrogen) atoms. The summed E-state index contributed by atoms with van der Waals surface area (Å²) in [5.74, 6) is 1.40. The van der Waals surface area contributed by atoms with Crippen LogP contribution >= 0.6 is 11.6 Å². The van der Waals surface area contributed by atoms with Crippen molar-refractivity contribution in [3.05, 3.63) is 52.7 Å². The van der Waals surface area contributed by atoms with Crippen molar-refractivity contribution in [3.8, 4) is 11.6 Å². The number of rotatable bonds is 2. The van der Waals surface area contributed by atoms with Gasteiger partial charge in [0.2, 0.25) is 5.88 Å². The average Bonchev–Trinajstić information content (AvgIpc) is 2.33. The molecule has 100 valence electrons. The molecule has 0 aliphatic carbocycles. The standard InChI is InChI=1S/C16H18ClNO/c1-11-5-7-14(13(9-11)16(2,3)4)19-15-8-6-12(17)10-18-15/h5-10H,1-4H3. The number of aromatic nitrogens is 1. The van der Waals surface area contributed by atoms with Crippen LogP contribution in [-0.2, 0) is 5.41 Å². The minimum absolute atomic E-state index is 0.0216. The van der Waals surface area contributed by atoms with Crippen LogP contribution < -0.4 is 4.74 Å². The third-order valence-electron chi connectivity index (χ3n) is 2.86. The lowest BCUT2D eigenvalue weighted by atomic mass is 9.85. The molecule has 0 saturated carbocycles. The van der Waals surface area contributed by atoms with E-state index in [-0.39, 0.29) is 5.41 Å². The van der Waals surface area contributed by atoms with Crippen LogP contribution in [0.25, 0.3) is 0 Å². The summed E-state index contributed by atoms with van der Waals surface area (Å²) >= 11 is 5.82. The van der Waals surface area contributed by atoms with Gasteiger partial charge in [-0.25, -0.2) is 4.98 Å². The summed E-state index contributed by atoms with van der Waals surface area (Å²) < 4.78 is 5.88. The van der Waals surface area contributed by atoms with E-state index in [0.29, 0.717) is 10.9 Å². The molecule has 1 aromatic heterocycles. The average molecular weight is 276 g/mol. The van der Waals surface area contributed by atoms with Crippen LogP contribution in [0.5, 0.6) is 11.6 Å². The maximum Gasteiger partial charge on any atom is 0.219 e. The molecule has 1 heterocycles. The van der Waals surface area contributed by atoms with Gasteiger partial charge in [0.1, 0.15) is 5.75 Å². The first-order chi connectivity index (χ1) is 8.86. The van der Waals surface area contributed by atoms with Gasteiger partial charge in [0, 0.05) is 17.8 Å². The molecule has 0 saturated heterocycles. The highest BCUT2D eigenvalue weighted by Crippen LogP contribution is 2.34. The Morgan fingerprint density at radius 2 is 1.84 bits per heavy atom. The number of ether oxygens (including phenoxy) is 1. The maximum absolute atomic E-state index is 5.88. The van der Waals surface area contributed by atoms with Crippen molar-refractivity contribution >= 4 is 11.6 Å². The van der Waals surface area contributed by atoms with Crippen LogP contribution in [0.1, 0.15) is 31.9 Å². The van der Waals surface area contributed by atoms with Crippen LogP contribution in [0.15, 0.2) is 36.5 Å². The normalized spacial score (nSPS) is 11.4. The van der Waals surface area contributed by atoms with E-state index in [2.05, 4.69) is 38.7 Å². The zero-order valence-corrected chi connectivity index (χ0v) is 12.5. The van der Waals surface area contributed by atoms with E-state index in [1.54, 1.807) is 18.3 Å². The lowest BCUT2D eigenvalue weighted by Crippen LogP contribution is -2.13. The molecule has 0 amide bonds. The molecule has 0 unspecified atom stereocenters. The largest absolute Gasteiger partial charge is 0.439 e. The Kier molecular flexibility index (Phi) is 3.81. The molecule has 0 N–H and O–H groups in total. The highest BCUT2D eigenvalue weighted by Gasteiger charge is 2.19. The fourth-order valence-electron chi connectivity index (χ4n) is 1.85. The maximum atomic E-state index is 5.88. The summed E-state index contributed by atoms with van der Waals surface area (Å²) in [7, 11) is 0. The number of nitrogens with zero attached hydrogens (tertiary/aromatic N) is 1. The molecule has 0 aliphatic rings. The van der Waals surface area contributed by atoms with E-state index < -0.39 is 0 Å². The second-order valence-electron chi connectivity index (χ2n) is 5.67. The summed E-state index contributed by atoms with van der Waals surface area (Å²) in [6.45, 7) is 8.59. The van der Waals surface area contributed by atoms with Crippen LogP contribution in [0.2, 0.25) is 5.02 Å². The highest BCUT2D eigenvalue weighted by atomic mass is 35.5. The molecule has 0 spiro atoms. The van der Waals surface area contributed by atoms with Crippen molar-refractivity contribution in [2.24, 2.45) is 0 Å². The smallest absolute Gasteiger partial charge is 0.219 e. The van der Waals surface area contributed by atoms with E-state index in [0.717, 1.165) is 5.75 Å². The Labute approximate surface area is 119 Å². The fraction of sp³-hybridized carbons (Fsp3) is 0.312. The topological polar surface area (TPSA) is 22.1 Å². The summed E-state index contributed by atoms with van der Waals surface area (Å²) in [6.07, 6.45) is 1.59. The minimum atomic E-state index is 0.0216. The molecule has 0 radical (unpaired) electrons. The first-order valence-corrected chi connectivity index (χ1v) is 6.64. The lowest BCUT2D eigenvalue weighted by Gasteiger charge is -2.23. The van der Waals surface area contributed by atoms with Gasteiger partial charge in [-0.1, -0.05) is 50.1 Å². The van der Waals surface area contributed by atoms with Crippen LogP contribution in [-0.4, -0.2) is 4.98 Å². The van der Waals surface area contributed by atoms with Crippen molar-refractivity contribution in [1.29, 1.82) is 0 Å². The number of aryl methyl sites for hydroxylation is 1. The molecule has 3 heteroatoms. The van der Waals surface area contributed by atoms with Gasteiger partial charge in [-0.05, 0) is 24.5 Å². The number of pyridine rings is 1. The van der Waals surface area contributed by atoms with Crippen LogP contribution in [0.3, 0.4) is 0 Å². The van der Waals surface area contributed by atoms with Gasteiger partial charge in [0.15, 0.2) is 0 Å². The van der Waals surface area contributed by atoms with Gasteiger partial charge in [-0.3, -0.25) is 0 Å². The van der Waals surface area contributed by atoms with E-state index in [1.165, 1.54) is 11.1 Å². The Balaban J connectivity index is 2.37. The molecular formula is C16H18ClNO. The Morgan fingerprint density at radius 3 is 2.42 bits per heavy atom. The second kappa shape index (κ2) is 5.22. The number of hydrogen-bond donors (Lipinski definition) is 0.